The van der Waals surface area contributed by atoms with Gasteiger partial charge < -0.3 is 37.3 Å². The van der Waals surface area contributed by atoms with Crippen LogP contribution >= 0.6 is 46.2 Å². The zero-order chi connectivity index (χ0) is 31.7. The van der Waals surface area contributed by atoms with E-state index in [1.165, 1.54) is 17.1 Å². The van der Waals surface area contributed by atoms with Crippen LogP contribution in [0.15, 0.2) is 37.9 Å². The van der Waals surface area contributed by atoms with Crippen LogP contribution in [0.3, 0.4) is 0 Å². The molecule has 5 heterocycles. The molecular formula is C24H25N8O8S4+. The number of carboxylic acid groups (broad SMARTS) is 2. The number of amides is 2. The number of hydrogen-bond acceptors (Lipinski definition) is 15. The van der Waals surface area contributed by atoms with E-state index in [-0.39, 0.29) is 52.1 Å². The highest BCUT2D eigenvalue weighted by atomic mass is 32.2. The number of nitrogens with two attached hydrogens (primary N) is 2. The molecule has 0 aromatic carbocycles. The largest absolute Gasteiger partial charge is 0.477 e. The highest BCUT2D eigenvalue weighted by molar-refractivity contribution is 8.01. The second-order valence-electron chi connectivity index (χ2n) is 9.50. The second-order valence-corrected chi connectivity index (χ2v) is 13.7. The topological polar surface area (TPSA) is 258 Å². The van der Waals surface area contributed by atoms with Crippen molar-refractivity contribution < 1.29 is 44.3 Å². The molecule has 20 heteroatoms. The molecule has 2 unspecified atom stereocenters. The molecule has 5 rings (SSSR count). The Hall–Kier alpha value is -3.98. The zero-order valence-electron chi connectivity index (χ0n) is 22.4. The Morgan fingerprint density at radius 1 is 1.23 bits per heavy atom. The van der Waals surface area contributed by atoms with Crippen LogP contribution in [0.5, 0.6) is 0 Å². The zero-order valence-corrected chi connectivity index (χ0v) is 25.7. The number of rotatable bonds is 12. The maximum Gasteiger partial charge on any atom is 0.352 e. The van der Waals surface area contributed by atoms with Crippen LogP contribution < -0.4 is 16.8 Å². The van der Waals surface area contributed by atoms with Crippen LogP contribution in [-0.4, -0.2) is 111 Å². The number of β-lactam (4-membered cyclic amide) rings is 1. The van der Waals surface area contributed by atoms with E-state index in [1.54, 1.807) is 16.9 Å². The van der Waals surface area contributed by atoms with Gasteiger partial charge in [-0.15, -0.1) is 34.4 Å². The van der Waals surface area contributed by atoms with Gasteiger partial charge in [-0.1, -0.05) is 16.9 Å². The molecule has 2 aromatic heterocycles. The Labute approximate surface area is 264 Å². The molecule has 0 radical (unpaired) electrons. The van der Waals surface area contributed by atoms with E-state index in [9.17, 15) is 39.7 Å². The van der Waals surface area contributed by atoms with Gasteiger partial charge in [0.05, 0.1) is 5.70 Å². The number of thiazole rings is 2. The number of aliphatic hydroxyl groups is 1. The average molecular weight is 682 g/mol. The number of anilines is 1. The lowest BCUT2D eigenvalue weighted by Crippen LogP contribution is -2.71. The van der Waals surface area contributed by atoms with E-state index in [4.69, 9.17) is 11.5 Å². The third-order valence-electron chi connectivity index (χ3n) is 6.84. The molecule has 3 atom stereocenters. The number of nitrogen functional groups attached to an aromatic ring is 1. The van der Waals surface area contributed by atoms with E-state index in [2.05, 4.69) is 20.4 Å². The fourth-order valence-electron chi connectivity index (χ4n) is 4.81. The Kier molecular flexibility index (Phi) is 9.25. The minimum atomic E-state index is -1.32. The van der Waals surface area contributed by atoms with Gasteiger partial charge in [0.15, 0.2) is 34.0 Å². The minimum absolute atomic E-state index is 0.0265. The second kappa shape index (κ2) is 12.9. The summed E-state index contributed by atoms with van der Waals surface area (Å²) in [6.45, 7) is 0.0508. The number of carbonyl (C=O) groups excluding carboxylic acids is 2. The Morgan fingerprint density at radius 3 is 2.64 bits per heavy atom. The number of carbonyl (C=O) groups is 4. The normalized spacial score (nSPS) is 21.5. The number of aliphatic carboxylic acids is 1. The molecule has 2 amide bonds. The Morgan fingerprint density at radius 2 is 2.00 bits per heavy atom. The first kappa shape index (κ1) is 31.4. The monoisotopic (exact) mass is 681 g/mol. The third-order valence-corrected chi connectivity index (χ3v) is 11.2. The first-order valence-electron chi connectivity index (χ1n) is 12.7. The summed E-state index contributed by atoms with van der Waals surface area (Å²) in [5.41, 5.74) is 12.2. The number of aliphatic hydroxyl groups excluding tert-OH is 1. The maximum absolute atomic E-state index is 13.0. The third kappa shape index (κ3) is 6.02. The van der Waals surface area contributed by atoms with Crippen molar-refractivity contribution in [2.45, 2.75) is 34.8 Å². The van der Waals surface area contributed by atoms with Crippen LogP contribution in [0.4, 0.5) is 5.13 Å². The van der Waals surface area contributed by atoms with Crippen molar-refractivity contribution in [3.8, 4) is 0 Å². The van der Waals surface area contributed by atoms with Gasteiger partial charge in [0.1, 0.15) is 33.4 Å². The molecule has 1 fully saturated rings. The number of nitrogens with zero attached hydrogens (tertiary/aromatic N) is 5. The SMILES string of the molecule is NC1=CC=[N+](Cc2nc(SCC3=C(C(=O)O)N4C(=O)[C@@H](NC(=O)/C(=N\O)c5csc(N)n5)C4SC3)sc2C(=O)O)C1CCO. The molecule has 9 N–H and O–H groups in total. The highest BCUT2D eigenvalue weighted by Gasteiger charge is 2.54. The van der Waals surface area contributed by atoms with Crippen molar-refractivity contribution in [3.63, 3.8) is 0 Å². The average Bonchev–Trinajstić information content (AvgIpc) is 3.70. The molecule has 0 saturated carbocycles. The van der Waals surface area contributed by atoms with Crippen LogP contribution in [0.2, 0.25) is 0 Å². The molecule has 3 aliphatic rings. The van der Waals surface area contributed by atoms with E-state index in [1.807, 2.05) is 0 Å². The Balaban J connectivity index is 1.28. The van der Waals surface area contributed by atoms with Crippen molar-refractivity contribution >= 4 is 87.0 Å². The number of fused-ring (bicyclic) bond motifs is 1. The highest BCUT2D eigenvalue weighted by Crippen LogP contribution is 2.42. The molecule has 0 spiro atoms. The fourth-order valence-corrected chi connectivity index (χ4v) is 8.85. The van der Waals surface area contributed by atoms with Crippen molar-refractivity contribution in [2.75, 3.05) is 23.8 Å². The van der Waals surface area contributed by atoms with Crippen LogP contribution in [0.1, 0.15) is 27.5 Å². The molecular weight excluding hydrogens is 657 g/mol. The van der Waals surface area contributed by atoms with E-state index < -0.39 is 40.9 Å². The van der Waals surface area contributed by atoms with Gasteiger partial charge in [-0.3, -0.25) is 14.5 Å². The molecule has 44 heavy (non-hydrogen) atoms. The standard InChI is InChI=1S/C24H24N8O8S4/c25-10-1-3-31(13(10)2-4-33)5-11-17(22(38)39)44-24(28-11)43-7-9-6-41-20-15(19(35)32(20)16(9)21(36)37)29-18(34)14(30-40)12-8-42-23(26)27-12/h1,3,8,13,15,20,25,33H,2,4-7H2,(H6,26,27,29,34,36,37,38,39,40)/p+1/t13?,15-,20?/m1/s1. The Bertz CT molecular complexity index is 1660. The lowest BCUT2D eigenvalue weighted by molar-refractivity contribution is -0.566. The summed E-state index contributed by atoms with van der Waals surface area (Å²) in [6, 6.07) is -1.35. The summed E-state index contributed by atoms with van der Waals surface area (Å²) in [6.07, 6.45) is 3.79. The summed E-state index contributed by atoms with van der Waals surface area (Å²) < 4.78 is 2.20. The van der Waals surface area contributed by atoms with Crippen LogP contribution in [0, 0.1) is 0 Å². The molecule has 1 saturated heterocycles. The number of allylic oxidation sites excluding steroid dienone is 1. The van der Waals surface area contributed by atoms with E-state index in [0.29, 0.717) is 27.7 Å². The smallest absolute Gasteiger partial charge is 0.352 e. The van der Waals surface area contributed by atoms with Crippen LogP contribution in [-0.2, 0) is 20.9 Å². The summed E-state index contributed by atoms with van der Waals surface area (Å²) in [5.74, 6) is -3.66. The van der Waals surface area contributed by atoms with Gasteiger partial charge >= 0.3 is 11.9 Å². The summed E-state index contributed by atoms with van der Waals surface area (Å²) in [4.78, 5) is 59.5. The van der Waals surface area contributed by atoms with Crippen LogP contribution in [0.25, 0.3) is 0 Å². The maximum atomic E-state index is 13.0. The quantitative estimate of drug-likeness (QED) is 0.0382. The first-order chi connectivity index (χ1) is 21.0. The summed E-state index contributed by atoms with van der Waals surface area (Å²) >= 11 is 4.39. The van der Waals surface area contributed by atoms with Crippen molar-refractivity contribution in [3.05, 3.63) is 44.7 Å². The summed E-state index contributed by atoms with van der Waals surface area (Å²) in [7, 11) is 0. The summed E-state index contributed by atoms with van der Waals surface area (Å²) in [5, 5.41) is 44.8. The van der Waals surface area contributed by atoms with E-state index in [0.717, 1.165) is 39.3 Å². The number of carboxylic acids is 2. The van der Waals surface area contributed by atoms with Gasteiger partial charge in [-0.2, -0.15) is 0 Å². The van der Waals surface area contributed by atoms with Crippen molar-refractivity contribution in [1.82, 2.24) is 20.2 Å². The minimum Gasteiger partial charge on any atom is -0.477 e. The lowest BCUT2D eigenvalue weighted by Gasteiger charge is -2.49. The number of oxime groups is 1. The van der Waals surface area contributed by atoms with E-state index >= 15 is 0 Å². The molecule has 2 aromatic rings. The lowest BCUT2D eigenvalue weighted by atomic mass is 10.0. The molecule has 16 nitrogen and oxygen atoms in total. The van der Waals surface area contributed by atoms with Gasteiger partial charge in [-0.25, -0.2) is 24.1 Å². The number of nitrogens with one attached hydrogen (secondary N) is 1. The predicted molar refractivity (Wildman–Crippen MR) is 162 cm³/mol. The predicted octanol–water partition coefficient (Wildman–Crippen LogP) is -0.220. The molecule has 0 bridgehead atoms. The number of aromatic nitrogens is 2. The van der Waals surface area contributed by atoms with Gasteiger partial charge in [0, 0.05) is 36.0 Å². The van der Waals surface area contributed by atoms with Gasteiger partial charge in [-0.05, 0) is 5.57 Å². The van der Waals surface area contributed by atoms with Gasteiger partial charge in [0.25, 0.3) is 11.8 Å². The number of aromatic carboxylic acids is 1. The van der Waals surface area contributed by atoms with Crippen molar-refractivity contribution in [2.24, 2.45) is 10.9 Å². The number of hydrogen-bond donors (Lipinski definition) is 7. The first-order valence-corrected chi connectivity index (χ1v) is 16.4. The van der Waals surface area contributed by atoms with Crippen molar-refractivity contribution in [1.29, 1.82) is 0 Å². The number of thioether (sulfide) groups is 2. The molecule has 3 aliphatic heterocycles. The molecule has 0 aliphatic carbocycles. The van der Waals surface area contributed by atoms with Gasteiger partial charge in [0.2, 0.25) is 0 Å². The fraction of sp³-hybridized carbons (Fsp3) is 0.333. The molecule has 232 valence electrons.